The Hall–Kier alpha value is -2.40. The molecular weight excluding hydrogens is 338 g/mol. The van der Waals surface area contributed by atoms with Crippen LogP contribution in [0.5, 0.6) is 0 Å². The minimum absolute atomic E-state index is 0.00603. The molecule has 23 heavy (non-hydrogen) atoms. The van der Waals surface area contributed by atoms with Crippen LogP contribution in [0.15, 0.2) is 53.4 Å². The standard InChI is InChI=1S/C15H12ClN3O3S/c16-12-6-2-3-7-13(12)19-15(20)10-18-23(21,22)14-8-4-1-5-11(14)9-17/h1-8,18H,10H2,(H,19,20). The summed E-state index contributed by atoms with van der Waals surface area (Å²) in [5, 5.41) is 11.8. The molecule has 0 aliphatic heterocycles. The van der Waals surface area contributed by atoms with Gasteiger partial charge in [-0.05, 0) is 24.3 Å². The van der Waals surface area contributed by atoms with Crippen molar-refractivity contribution in [2.24, 2.45) is 0 Å². The first-order valence-electron chi connectivity index (χ1n) is 6.47. The number of amides is 1. The van der Waals surface area contributed by atoms with Gasteiger partial charge in [-0.3, -0.25) is 4.79 Å². The SMILES string of the molecule is N#Cc1ccccc1S(=O)(=O)NCC(=O)Nc1ccccc1Cl. The minimum atomic E-state index is -3.97. The number of benzene rings is 2. The first-order valence-corrected chi connectivity index (χ1v) is 8.33. The lowest BCUT2D eigenvalue weighted by molar-refractivity contribution is -0.115. The average Bonchev–Trinajstić information content (AvgIpc) is 2.55. The van der Waals surface area contributed by atoms with E-state index in [1.807, 2.05) is 0 Å². The third-order valence-electron chi connectivity index (χ3n) is 2.87. The van der Waals surface area contributed by atoms with Crippen LogP contribution in [-0.4, -0.2) is 20.9 Å². The molecule has 0 spiro atoms. The van der Waals surface area contributed by atoms with Crippen molar-refractivity contribution >= 4 is 33.2 Å². The van der Waals surface area contributed by atoms with Crippen LogP contribution in [0.25, 0.3) is 0 Å². The molecule has 8 heteroatoms. The zero-order valence-electron chi connectivity index (χ0n) is 11.8. The Labute approximate surface area is 138 Å². The molecule has 2 aromatic carbocycles. The van der Waals surface area contributed by atoms with Gasteiger partial charge in [-0.1, -0.05) is 35.9 Å². The number of anilines is 1. The molecule has 0 unspecified atom stereocenters. The molecule has 0 aliphatic rings. The van der Waals surface area contributed by atoms with E-state index >= 15 is 0 Å². The van der Waals surface area contributed by atoms with Gasteiger partial charge < -0.3 is 5.32 Å². The largest absolute Gasteiger partial charge is 0.324 e. The van der Waals surface area contributed by atoms with E-state index in [1.165, 1.54) is 18.2 Å². The molecule has 0 atom stereocenters. The summed E-state index contributed by atoms with van der Waals surface area (Å²) < 4.78 is 26.5. The van der Waals surface area contributed by atoms with Gasteiger partial charge in [0.1, 0.15) is 6.07 Å². The predicted octanol–water partition coefficient (Wildman–Crippen LogP) is 2.13. The number of hydrogen-bond donors (Lipinski definition) is 2. The van der Waals surface area contributed by atoms with Gasteiger partial charge in [0.2, 0.25) is 15.9 Å². The molecule has 2 aromatic rings. The summed E-state index contributed by atoms with van der Waals surface area (Å²) in [6.45, 7) is -0.479. The second-order valence-electron chi connectivity index (χ2n) is 4.46. The van der Waals surface area contributed by atoms with E-state index in [2.05, 4.69) is 10.0 Å². The van der Waals surface area contributed by atoms with Gasteiger partial charge >= 0.3 is 0 Å². The third-order valence-corrected chi connectivity index (χ3v) is 4.66. The summed E-state index contributed by atoms with van der Waals surface area (Å²) in [5.41, 5.74) is 0.391. The summed E-state index contributed by atoms with van der Waals surface area (Å²) in [6, 6.07) is 14.1. The molecule has 0 saturated heterocycles. The van der Waals surface area contributed by atoms with Crippen LogP contribution >= 0.6 is 11.6 Å². The maximum Gasteiger partial charge on any atom is 0.242 e. The van der Waals surface area contributed by atoms with E-state index in [1.54, 1.807) is 36.4 Å². The molecule has 2 rings (SSSR count). The average molecular weight is 350 g/mol. The van der Waals surface area contributed by atoms with E-state index in [4.69, 9.17) is 16.9 Å². The summed E-state index contributed by atoms with van der Waals surface area (Å²) in [4.78, 5) is 11.7. The van der Waals surface area contributed by atoms with Crippen molar-refractivity contribution in [1.29, 1.82) is 5.26 Å². The number of halogens is 1. The molecule has 118 valence electrons. The van der Waals surface area contributed by atoms with E-state index in [9.17, 15) is 13.2 Å². The molecule has 0 aliphatic carbocycles. The lowest BCUT2D eigenvalue weighted by Crippen LogP contribution is -2.33. The van der Waals surface area contributed by atoms with Gasteiger partial charge in [0, 0.05) is 0 Å². The smallest absolute Gasteiger partial charge is 0.242 e. The number of nitrogens with one attached hydrogen (secondary N) is 2. The molecule has 6 nitrogen and oxygen atoms in total. The lowest BCUT2D eigenvalue weighted by atomic mass is 10.2. The topological polar surface area (TPSA) is 99.1 Å². The second kappa shape index (κ2) is 7.24. The van der Waals surface area contributed by atoms with Gasteiger partial charge in [-0.15, -0.1) is 0 Å². The maximum absolute atomic E-state index is 12.2. The highest BCUT2D eigenvalue weighted by Gasteiger charge is 2.19. The molecule has 2 N–H and O–H groups in total. The van der Waals surface area contributed by atoms with Crippen LogP contribution in [0.1, 0.15) is 5.56 Å². The Morgan fingerprint density at radius 1 is 1.13 bits per heavy atom. The van der Waals surface area contributed by atoms with Crippen molar-refractivity contribution in [2.75, 3.05) is 11.9 Å². The molecule has 0 bridgehead atoms. The van der Waals surface area contributed by atoms with Crippen molar-refractivity contribution in [3.8, 4) is 6.07 Å². The number of carbonyl (C=O) groups is 1. The maximum atomic E-state index is 12.2. The Kier molecular flexibility index (Phi) is 5.34. The quantitative estimate of drug-likeness (QED) is 0.863. The Morgan fingerprint density at radius 2 is 1.78 bits per heavy atom. The number of nitrogens with zero attached hydrogens (tertiary/aromatic N) is 1. The summed E-state index contributed by atoms with van der Waals surface area (Å²) >= 11 is 5.90. The monoisotopic (exact) mass is 349 g/mol. The van der Waals surface area contributed by atoms with Gasteiger partial charge in [0.25, 0.3) is 0 Å². The van der Waals surface area contributed by atoms with Gasteiger partial charge in [0.05, 0.1) is 27.7 Å². The number of hydrogen-bond acceptors (Lipinski definition) is 4. The molecule has 0 fully saturated rings. The molecule has 0 heterocycles. The zero-order valence-corrected chi connectivity index (χ0v) is 13.4. The lowest BCUT2D eigenvalue weighted by Gasteiger charge is -2.09. The van der Waals surface area contributed by atoms with Gasteiger partial charge in [-0.2, -0.15) is 5.26 Å². The Balaban J connectivity index is 2.06. The van der Waals surface area contributed by atoms with Crippen LogP contribution < -0.4 is 10.0 Å². The van der Waals surface area contributed by atoms with E-state index in [-0.39, 0.29) is 10.5 Å². The molecular formula is C15H12ClN3O3S. The minimum Gasteiger partial charge on any atom is -0.324 e. The highest BCUT2D eigenvalue weighted by Crippen LogP contribution is 2.20. The zero-order chi connectivity index (χ0) is 16.9. The fourth-order valence-corrected chi connectivity index (χ4v) is 3.11. The van der Waals surface area contributed by atoms with Crippen LogP contribution in [-0.2, 0) is 14.8 Å². The van der Waals surface area contributed by atoms with Crippen molar-refractivity contribution in [3.63, 3.8) is 0 Å². The van der Waals surface area contributed by atoms with Gasteiger partial charge in [-0.25, -0.2) is 13.1 Å². The Bertz CT molecular complexity index is 876. The van der Waals surface area contributed by atoms with Crippen molar-refractivity contribution in [1.82, 2.24) is 4.72 Å². The number of rotatable bonds is 5. The van der Waals surface area contributed by atoms with Crippen LogP contribution in [0, 0.1) is 11.3 Å². The van der Waals surface area contributed by atoms with Crippen LogP contribution in [0.2, 0.25) is 5.02 Å². The second-order valence-corrected chi connectivity index (χ2v) is 6.60. The van der Waals surface area contributed by atoms with Crippen molar-refractivity contribution in [2.45, 2.75) is 4.90 Å². The van der Waals surface area contributed by atoms with Crippen molar-refractivity contribution < 1.29 is 13.2 Å². The molecule has 1 amide bonds. The fraction of sp³-hybridized carbons (Fsp3) is 0.0667. The highest BCUT2D eigenvalue weighted by molar-refractivity contribution is 7.89. The van der Waals surface area contributed by atoms with Gasteiger partial charge in [0.15, 0.2) is 0 Å². The first-order chi connectivity index (χ1) is 10.9. The third kappa shape index (κ3) is 4.29. The molecule has 0 radical (unpaired) electrons. The fourth-order valence-electron chi connectivity index (χ4n) is 1.79. The number of sulfonamides is 1. The highest BCUT2D eigenvalue weighted by atomic mass is 35.5. The normalized spacial score (nSPS) is 10.8. The number of carbonyl (C=O) groups excluding carboxylic acids is 1. The predicted molar refractivity (Wildman–Crippen MR) is 86.4 cm³/mol. The Morgan fingerprint density at radius 3 is 2.48 bits per heavy atom. The summed E-state index contributed by atoms with van der Waals surface area (Å²) in [6.07, 6.45) is 0. The van der Waals surface area contributed by atoms with E-state index in [0.29, 0.717) is 10.7 Å². The number of nitriles is 1. The molecule has 0 aromatic heterocycles. The van der Waals surface area contributed by atoms with Crippen molar-refractivity contribution in [3.05, 3.63) is 59.1 Å². The summed E-state index contributed by atoms with van der Waals surface area (Å²) in [5.74, 6) is -0.573. The van der Waals surface area contributed by atoms with E-state index in [0.717, 1.165) is 0 Å². The van der Waals surface area contributed by atoms with E-state index < -0.39 is 22.5 Å². The number of para-hydroxylation sites is 1. The van der Waals surface area contributed by atoms with Crippen LogP contribution in [0.3, 0.4) is 0 Å². The first kappa shape index (κ1) is 17.0. The van der Waals surface area contributed by atoms with Crippen LogP contribution in [0.4, 0.5) is 5.69 Å². The summed E-state index contributed by atoms with van der Waals surface area (Å²) in [7, 11) is -3.97. The molecule has 0 saturated carbocycles.